The van der Waals surface area contributed by atoms with Crippen LogP contribution in [0.2, 0.25) is 0 Å². The maximum Gasteiger partial charge on any atom is 0.240 e. The molecule has 20 heavy (non-hydrogen) atoms. The van der Waals surface area contributed by atoms with Gasteiger partial charge in [0.2, 0.25) is 5.91 Å². The molecule has 1 aromatic heterocycles. The standard InChI is InChI=1S/C15H22N4O/c20-15(12-7-11-13(8-16-12)18-9-17-11)19-6-5-10-3-1-2-4-14(10)19/h9-10,12,14,16H,1-8H2,(H,17,18). The molecule has 0 aromatic carbocycles. The van der Waals surface area contributed by atoms with Crippen LogP contribution in [0.1, 0.15) is 43.5 Å². The molecule has 5 heteroatoms. The molecule has 0 radical (unpaired) electrons. The molecule has 2 fully saturated rings. The molecule has 1 aliphatic carbocycles. The fourth-order valence-corrected chi connectivity index (χ4v) is 4.22. The second kappa shape index (κ2) is 4.88. The molecule has 3 atom stereocenters. The molecule has 1 saturated carbocycles. The zero-order valence-electron chi connectivity index (χ0n) is 11.8. The molecule has 2 aliphatic heterocycles. The van der Waals surface area contributed by atoms with Crippen molar-refractivity contribution < 1.29 is 4.79 Å². The van der Waals surface area contributed by atoms with E-state index >= 15 is 0 Å². The van der Waals surface area contributed by atoms with Crippen LogP contribution in [0.4, 0.5) is 0 Å². The van der Waals surface area contributed by atoms with Gasteiger partial charge in [0, 0.05) is 25.6 Å². The Labute approximate surface area is 119 Å². The largest absolute Gasteiger partial charge is 0.347 e. The molecule has 4 rings (SSSR count). The number of likely N-dealkylation sites (tertiary alicyclic amines) is 1. The van der Waals surface area contributed by atoms with Crippen molar-refractivity contribution in [3.63, 3.8) is 0 Å². The molecular weight excluding hydrogens is 252 g/mol. The zero-order valence-corrected chi connectivity index (χ0v) is 11.8. The Kier molecular flexibility index (Phi) is 3.02. The van der Waals surface area contributed by atoms with Crippen LogP contribution >= 0.6 is 0 Å². The predicted molar refractivity (Wildman–Crippen MR) is 75.0 cm³/mol. The van der Waals surface area contributed by atoms with Gasteiger partial charge in [0.25, 0.3) is 0 Å². The summed E-state index contributed by atoms with van der Waals surface area (Å²) in [7, 11) is 0. The number of rotatable bonds is 1. The van der Waals surface area contributed by atoms with Gasteiger partial charge in [0.05, 0.1) is 23.8 Å². The number of carbonyl (C=O) groups excluding carboxylic acids is 1. The van der Waals surface area contributed by atoms with E-state index in [9.17, 15) is 4.79 Å². The summed E-state index contributed by atoms with van der Waals surface area (Å²) in [5, 5.41) is 3.37. The van der Waals surface area contributed by atoms with Crippen molar-refractivity contribution in [3.8, 4) is 0 Å². The van der Waals surface area contributed by atoms with Crippen LogP contribution in [-0.4, -0.2) is 39.4 Å². The number of aromatic nitrogens is 2. The van der Waals surface area contributed by atoms with Crippen LogP contribution in [0, 0.1) is 5.92 Å². The molecule has 3 unspecified atom stereocenters. The Balaban J connectivity index is 1.48. The van der Waals surface area contributed by atoms with E-state index in [-0.39, 0.29) is 6.04 Å². The van der Waals surface area contributed by atoms with Crippen molar-refractivity contribution in [2.24, 2.45) is 5.92 Å². The van der Waals surface area contributed by atoms with Gasteiger partial charge in [-0.25, -0.2) is 4.98 Å². The number of nitrogens with zero attached hydrogens (tertiary/aromatic N) is 2. The first kappa shape index (κ1) is 12.4. The molecule has 0 spiro atoms. The summed E-state index contributed by atoms with van der Waals surface area (Å²) in [5.41, 5.74) is 2.19. The molecule has 1 saturated heterocycles. The fraction of sp³-hybridized carbons (Fsp3) is 0.733. The van der Waals surface area contributed by atoms with Gasteiger partial charge in [-0.05, 0) is 25.2 Å². The highest BCUT2D eigenvalue weighted by molar-refractivity contribution is 5.83. The number of hydrogen-bond donors (Lipinski definition) is 2. The third kappa shape index (κ3) is 1.95. The van der Waals surface area contributed by atoms with E-state index in [0.29, 0.717) is 11.9 Å². The Morgan fingerprint density at radius 2 is 2.20 bits per heavy atom. The van der Waals surface area contributed by atoms with Crippen LogP contribution in [-0.2, 0) is 17.8 Å². The quantitative estimate of drug-likeness (QED) is 0.809. The summed E-state index contributed by atoms with van der Waals surface area (Å²) in [5.74, 6) is 1.06. The second-order valence-corrected chi connectivity index (χ2v) is 6.40. The lowest BCUT2D eigenvalue weighted by atomic mass is 9.85. The highest BCUT2D eigenvalue weighted by atomic mass is 16.2. The lowest BCUT2D eigenvalue weighted by molar-refractivity contribution is -0.135. The average molecular weight is 274 g/mol. The van der Waals surface area contributed by atoms with E-state index in [4.69, 9.17) is 0 Å². The van der Waals surface area contributed by atoms with Crippen molar-refractivity contribution in [1.82, 2.24) is 20.2 Å². The van der Waals surface area contributed by atoms with Crippen LogP contribution in [0.3, 0.4) is 0 Å². The normalized spacial score (nSPS) is 32.8. The maximum atomic E-state index is 12.8. The molecule has 108 valence electrons. The van der Waals surface area contributed by atoms with Crippen molar-refractivity contribution in [2.75, 3.05) is 6.54 Å². The third-order valence-electron chi connectivity index (χ3n) is 5.32. The Morgan fingerprint density at radius 1 is 1.30 bits per heavy atom. The van der Waals surface area contributed by atoms with E-state index in [1.807, 2.05) is 0 Å². The molecule has 5 nitrogen and oxygen atoms in total. The summed E-state index contributed by atoms with van der Waals surface area (Å²) in [6.45, 7) is 1.69. The van der Waals surface area contributed by atoms with E-state index < -0.39 is 0 Å². The third-order valence-corrected chi connectivity index (χ3v) is 5.32. The lowest BCUT2D eigenvalue weighted by Crippen LogP contribution is -2.51. The first-order chi connectivity index (χ1) is 9.83. The Bertz CT molecular complexity index is 512. The van der Waals surface area contributed by atoms with Gasteiger partial charge >= 0.3 is 0 Å². The monoisotopic (exact) mass is 274 g/mol. The first-order valence-electron chi connectivity index (χ1n) is 7.88. The number of fused-ring (bicyclic) bond motifs is 2. The summed E-state index contributed by atoms with van der Waals surface area (Å²) in [4.78, 5) is 22.4. The van der Waals surface area contributed by atoms with E-state index in [0.717, 1.165) is 36.8 Å². The maximum absolute atomic E-state index is 12.8. The number of aromatic amines is 1. The molecule has 1 aromatic rings. The molecular formula is C15H22N4O. The average Bonchev–Trinajstić information content (AvgIpc) is 3.12. The predicted octanol–water partition coefficient (Wildman–Crippen LogP) is 1.22. The van der Waals surface area contributed by atoms with Crippen LogP contribution < -0.4 is 5.32 Å². The second-order valence-electron chi connectivity index (χ2n) is 6.40. The summed E-state index contributed by atoms with van der Waals surface area (Å²) >= 11 is 0. The first-order valence-corrected chi connectivity index (χ1v) is 7.88. The van der Waals surface area contributed by atoms with Crippen molar-refractivity contribution in [3.05, 3.63) is 17.7 Å². The van der Waals surface area contributed by atoms with Crippen molar-refractivity contribution in [1.29, 1.82) is 0 Å². The van der Waals surface area contributed by atoms with Gasteiger partial charge in [-0.15, -0.1) is 0 Å². The summed E-state index contributed by atoms with van der Waals surface area (Å²) in [6.07, 6.45) is 8.81. The van der Waals surface area contributed by atoms with E-state index in [1.54, 1.807) is 6.33 Å². The van der Waals surface area contributed by atoms with Crippen LogP contribution in [0.15, 0.2) is 6.33 Å². The minimum Gasteiger partial charge on any atom is -0.347 e. The van der Waals surface area contributed by atoms with Crippen molar-refractivity contribution >= 4 is 5.91 Å². The van der Waals surface area contributed by atoms with Gasteiger partial charge in [-0.3, -0.25) is 10.1 Å². The highest BCUT2D eigenvalue weighted by Gasteiger charge is 2.40. The minimum atomic E-state index is -0.0773. The zero-order chi connectivity index (χ0) is 13.5. The Morgan fingerprint density at radius 3 is 3.15 bits per heavy atom. The van der Waals surface area contributed by atoms with E-state index in [2.05, 4.69) is 20.2 Å². The smallest absolute Gasteiger partial charge is 0.240 e. The number of carbonyl (C=O) groups is 1. The fourth-order valence-electron chi connectivity index (χ4n) is 4.22. The SMILES string of the molecule is O=C(C1Cc2nc[nH]c2CN1)N1CCC2CCCCC21. The van der Waals surface area contributed by atoms with Gasteiger partial charge in [0.1, 0.15) is 0 Å². The Hall–Kier alpha value is -1.36. The number of H-pyrrole nitrogens is 1. The molecule has 0 bridgehead atoms. The van der Waals surface area contributed by atoms with Crippen LogP contribution in [0.25, 0.3) is 0 Å². The van der Waals surface area contributed by atoms with Crippen molar-refractivity contribution in [2.45, 2.75) is 57.2 Å². The van der Waals surface area contributed by atoms with Gasteiger partial charge in [-0.2, -0.15) is 0 Å². The van der Waals surface area contributed by atoms with E-state index in [1.165, 1.54) is 32.1 Å². The number of nitrogens with one attached hydrogen (secondary N) is 2. The van der Waals surface area contributed by atoms with Gasteiger partial charge < -0.3 is 9.88 Å². The number of hydrogen-bond acceptors (Lipinski definition) is 3. The minimum absolute atomic E-state index is 0.0773. The molecule has 3 heterocycles. The highest BCUT2D eigenvalue weighted by Crippen LogP contribution is 2.36. The molecule has 2 N–H and O–H groups in total. The molecule has 1 amide bonds. The number of amides is 1. The van der Waals surface area contributed by atoms with Gasteiger partial charge in [-0.1, -0.05) is 12.8 Å². The van der Waals surface area contributed by atoms with Gasteiger partial charge in [0.15, 0.2) is 0 Å². The summed E-state index contributed by atoms with van der Waals surface area (Å²) < 4.78 is 0. The lowest BCUT2D eigenvalue weighted by Gasteiger charge is -2.34. The summed E-state index contributed by atoms with van der Waals surface area (Å²) in [6, 6.07) is 0.435. The number of imidazole rings is 1. The topological polar surface area (TPSA) is 61.0 Å². The molecule has 3 aliphatic rings. The van der Waals surface area contributed by atoms with Crippen LogP contribution in [0.5, 0.6) is 0 Å².